The fourth-order valence-electron chi connectivity index (χ4n) is 1.59. The number of aromatic nitrogens is 2. The summed E-state index contributed by atoms with van der Waals surface area (Å²) < 4.78 is 13.9. The number of nitrogens with zero attached hydrogens (tertiary/aromatic N) is 2. The number of halogens is 2. The predicted molar refractivity (Wildman–Crippen MR) is 63.2 cm³/mol. The zero-order valence-corrected chi connectivity index (χ0v) is 9.49. The van der Waals surface area contributed by atoms with Gasteiger partial charge in [0, 0.05) is 5.56 Å². The van der Waals surface area contributed by atoms with Crippen molar-refractivity contribution in [3.05, 3.63) is 42.1 Å². The first-order chi connectivity index (χ1) is 7.85. The molecule has 2 nitrogen and oxygen atoms in total. The van der Waals surface area contributed by atoms with Crippen LogP contribution >= 0.6 is 11.6 Å². The molecule has 0 amide bonds. The summed E-state index contributed by atoms with van der Waals surface area (Å²) in [6.45, 7) is -0.172. The molecule has 0 aliphatic heterocycles. The van der Waals surface area contributed by atoms with Crippen LogP contribution < -0.4 is 0 Å². The molecule has 4 heteroatoms. The molecule has 0 fully saturated rings. The lowest BCUT2D eigenvalue weighted by Gasteiger charge is -2.00. The van der Waals surface area contributed by atoms with Gasteiger partial charge in [-0.3, -0.25) is 4.68 Å². The van der Waals surface area contributed by atoms with E-state index in [1.54, 1.807) is 4.68 Å². The number of aryl methyl sites for hydroxylation is 1. The van der Waals surface area contributed by atoms with Crippen molar-refractivity contribution < 1.29 is 4.39 Å². The van der Waals surface area contributed by atoms with E-state index < -0.39 is 6.67 Å². The van der Waals surface area contributed by atoms with E-state index in [9.17, 15) is 4.39 Å². The van der Waals surface area contributed by atoms with E-state index in [1.807, 2.05) is 36.4 Å². The summed E-state index contributed by atoms with van der Waals surface area (Å²) in [5, 5.41) is 4.33. The Kier molecular flexibility index (Phi) is 3.57. The lowest BCUT2D eigenvalue weighted by Crippen LogP contribution is -2.05. The lowest BCUT2D eigenvalue weighted by atomic mass is 10.1. The number of hydrogen-bond acceptors (Lipinski definition) is 1. The van der Waals surface area contributed by atoms with E-state index >= 15 is 0 Å². The maximum Gasteiger partial charge on any atom is 0.109 e. The van der Waals surface area contributed by atoms with Crippen molar-refractivity contribution in [1.82, 2.24) is 9.78 Å². The van der Waals surface area contributed by atoms with Crippen LogP contribution in [0.25, 0.3) is 11.3 Å². The normalized spacial score (nSPS) is 10.6. The molecule has 0 saturated heterocycles. The van der Waals surface area contributed by atoms with Gasteiger partial charge in [-0.1, -0.05) is 30.3 Å². The first-order valence-electron chi connectivity index (χ1n) is 5.09. The maximum absolute atomic E-state index is 12.3. The monoisotopic (exact) mass is 238 g/mol. The van der Waals surface area contributed by atoms with Gasteiger partial charge >= 0.3 is 0 Å². The van der Waals surface area contributed by atoms with Gasteiger partial charge in [0.25, 0.3) is 0 Å². The van der Waals surface area contributed by atoms with Crippen LogP contribution in [0.5, 0.6) is 0 Å². The minimum atomic E-state index is -0.431. The highest BCUT2D eigenvalue weighted by Crippen LogP contribution is 2.19. The molecule has 1 heterocycles. The summed E-state index contributed by atoms with van der Waals surface area (Å²) in [4.78, 5) is 0. The van der Waals surface area contributed by atoms with Crippen molar-refractivity contribution in [1.29, 1.82) is 0 Å². The number of hydrogen-bond donors (Lipinski definition) is 0. The number of alkyl halides is 2. The fourth-order valence-corrected chi connectivity index (χ4v) is 1.80. The van der Waals surface area contributed by atoms with E-state index in [1.165, 1.54) is 0 Å². The van der Waals surface area contributed by atoms with Crippen LogP contribution in [0.4, 0.5) is 4.39 Å². The van der Waals surface area contributed by atoms with Crippen LogP contribution in [0.3, 0.4) is 0 Å². The summed E-state index contributed by atoms with van der Waals surface area (Å²) >= 11 is 5.79. The van der Waals surface area contributed by atoms with Crippen LogP contribution in [0.2, 0.25) is 0 Å². The highest BCUT2D eigenvalue weighted by Gasteiger charge is 2.07. The molecule has 2 rings (SSSR count). The number of rotatable bonds is 4. The predicted octanol–water partition coefficient (Wildman–Crippen LogP) is 3.26. The van der Waals surface area contributed by atoms with Crippen LogP contribution in [-0.4, -0.2) is 16.5 Å². The molecular formula is C12H12ClFN2. The third kappa shape index (κ3) is 2.25. The van der Waals surface area contributed by atoms with Crippen molar-refractivity contribution in [3.63, 3.8) is 0 Å². The maximum atomic E-state index is 12.3. The highest BCUT2D eigenvalue weighted by atomic mass is 35.5. The molecule has 0 N–H and O–H groups in total. The van der Waals surface area contributed by atoms with Crippen LogP contribution in [0.15, 0.2) is 36.4 Å². The van der Waals surface area contributed by atoms with Crippen LogP contribution in [0, 0.1) is 0 Å². The Bertz CT molecular complexity index is 453. The zero-order chi connectivity index (χ0) is 11.4. The van der Waals surface area contributed by atoms with Crippen molar-refractivity contribution in [2.75, 3.05) is 6.67 Å². The third-order valence-corrected chi connectivity index (χ3v) is 2.64. The smallest absolute Gasteiger partial charge is 0.109 e. The van der Waals surface area contributed by atoms with Gasteiger partial charge in [0.1, 0.15) is 6.67 Å². The van der Waals surface area contributed by atoms with Gasteiger partial charge in [0.15, 0.2) is 0 Å². The van der Waals surface area contributed by atoms with Crippen LogP contribution in [-0.2, 0) is 12.4 Å². The molecule has 2 aromatic rings. The largest absolute Gasteiger partial charge is 0.265 e. The Morgan fingerprint density at radius 3 is 2.62 bits per heavy atom. The SMILES string of the molecule is FCCn1nc(-c2ccccc2)cc1CCl. The Balaban J connectivity index is 2.36. The van der Waals surface area contributed by atoms with Crippen molar-refractivity contribution in [2.24, 2.45) is 0 Å². The average molecular weight is 239 g/mol. The minimum Gasteiger partial charge on any atom is -0.265 e. The first kappa shape index (κ1) is 11.1. The Morgan fingerprint density at radius 2 is 2.00 bits per heavy atom. The summed E-state index contributed by atoms with van der Waals surface area (Å²) in [5.41, 5.74) is 2.70. The Morgan fingerprint density at radius 1 is 1.25 bits per heavy atom. The Labute approximate surface area is 98.7 Å². The molecule has 0 saturated carbocycles. The van der Waals surface area contributed by atoms with Gasteiger partial charge in [0.05, 0.1) is 23.8 Å². The lowest BCUT2D eigenvalue weighted by molar-refractivity contribution is 0.423. The molecule has 84 valence electrons. The molecule has 0 bridgehead atoms. The average Bonchev–Trinajstić information content (AvgIpc) is 2.74. The van der Waals surface area contributed by atoms with Crippen molar-refractivity contribution in [3.8, 4) is 11.3 Å². The molecule has 1 aromatic carbocycles. The van der Waals surface area contributed by atoms with E-state index in [0.29, 0.717) is 5.88 Å². The van der Waals surface area contributed by atoms with Gasteiger partial charge < -0.3 is 0 Å². The standard InChI is InChI=1S/C12H12ClFN2/c13-9-11-8-12(15-16(11)7-6-14)10-4-2-1-3-5-10/h1-5,8H,6-7,9H2. The van der Waals surface area contributed by atoms with Gasteiger partial charge in [-0.25, -0.2) is 4.39 Å². The minimum absolute atomic E-state index is 0.259. The van der Waals surface area contributed by atoms with E-state index in [0.717, 1.165) is 17.0 Å². The van der Waals surface area contributed by atoms with Gasteiger partial charge in [0.2, 0.25) is 0 Å². The summed E-state index contributed by atoms with van der Waals surface area (Å²) in [7, 11) is 0. The van der Waals surface area contributed by atoms with Crippen molar-refractivity contribution >= 4 is 11.6 Å². The topological polar surface area (TPSA) is 17.8 Å². The summed E-state index contributed by atoms with van der Waals surface area (Å²) in [6.07, 6.45) is 0. The second-order valence-corrected chi connectivity index (χ2v) is 3.70. The van der Waals surface area contributed by atoms with Gasteiger partial charge in [-0.2, -0.15) is 5.10 Å². The zero-order valence-electron chi connectivity index (χ0n) is 8.74. The van der Waals surface area contributed by atoms with E-state index in [2.05, 4.69) is 5.10 Å². The highest BCUT2D eigenvalue weighted by molar-refractivity contribution is 6.16. The summed E-state index contributed by atoms with van der Waals surface area (Å²) in [6, 6.07) is 11.7. The molecule has 0 spiro atoms. The molecule has 1 aromatic heterocycles. The molecule has 0 aliphatic rings. The number of benzene rings is 1. The summed E-state index contributed by atoms with van der Waals surface area (Å²) in [5.74, 6) is 0.347. The second-order valence-electron chi connectivity index (χ2n) is 3.43. The fraction of sp³-hybridized carbons (Fsp3) is 0.250. The second kappa shape index (κ2) is 5.12. The Hall–Kier alpha value is -1.35. The van der Waals surface area contributed by atoms with Crippen molar-refractivity contribution in [2.45, 2.75) is 12.4 Å². The molecule has 0 aliphatic carbocycles. The van der Waals surface area contributed by atoms with Gasteiger partial charge in [-0.15, -0.1) is 11.6 Å². The van der Waals surface area contributed by atoms with Crippen LogP contribution in [0.1, 0.15) is 5.69 Å². The quantitative estimate of drug-likeness (QED) is 0.748. The molecule has 0 atom stereocenters. The van der Waals surface area contributed by atoms with E-state index in [-0.39, 0.29) is 6.54 Å². The van der Waals surface area contributed by atoms with Gasteiger partial charge in [-0.05, 0) is 6.07 Å². The third-order valence-electron chi connectivity index (χ3n) is 2.37. The molecule has 0 radical (unpaired) electrons. The molecule has 16 heavy (non-hydrogen) atoms. The van der Waals surface area contributed by atoms with E-state index in [4.69, 9.17) is 11.6 Å². The molecule has 0 unspecified atom stereocenters. The molecular weight excluding hydrogens is 227 g/mol. The first-order valence-corrected chi connectivity index (χ1v) is 5.62.